The standard InChI is InChI=1S/C17H19F3N4O3.C3H8N2.C2H6/c1-2-3-10-4-5-12(27-17(18,19)20)8-13(10)15-23-24-16(26-15)14(25)22-11-6-7-21-9-11;1-5-3-2-4;1-2/h4-5,8,11,21H,2-3,6-7,9H2,1H3,(H,22,25);2-3,5H,4H2,1H3;1-2H3/b;3-2-;. The number of carbonyl (C=O) groups is 1. The van der Waals surface area contributed by atoms with Gasteiger partial charge in [-0.05, 0) is 37.1 Å². The smallest absolute Gasteiger partial charge is 0.412 e. The molecule has 1 aliphatic heterocycles. The van der Waals surface area contributed by atoms with Crippen LogP contribution < -0.4 is 26.4 Å². The predicted octanol–water partition coefficient (Wildman–Crippen LogP) is 3.34. The van der Waals surface area contributed by atoms with Crippen molar-refractivity contribution in [3.8, 4) is 17.2 Å². The van der Waals surface area contributed by atoms with Crippen molar-refractivity contribution >= 4 is 5.91 Å². The van der Waals surface area contributed by atoms with Crippen molar-refractivity contribution < 1.29 is 27.1 Å². The molecule has 0 aliphatic carbocycles. The first-order valence-corrected chi connectivity index (χ1v) is 11.1. The molecule has 1 fully saturated rings. The number of hydrogen-bond donors (Lipinski definition) is 4. The van der Waals surface area contributed by atoms with E-state index >= 15 is 0 Å². The number of nitrogens with two attached hydrogens (primary N) is 1. The summed E-state index contributed by atoms with van der Waals surface area (Å²) in [6.45, 7) is 7.41. The van der Waals surface area contributed by atoms with E-state index in [1.165, 1.54) is 24.4 Å². The van der Waals surface area contributed by atoms with E-state index in [9.17, 15) is 18.0 Å². The van der Waals surface area contributed by atoms with Crippen LogP contribution in [0.2, 0.25) is 0 Å². The van der Waals surface area contributed by atoms with Crippen molar-refractivity contribution in [1.82, 2.24) is 26.1 Å². The number of nitrogens with one attached hydrogen (secondary N) is 3. The fourth-order valence-corrected chi connectivity index (χ4v) is 2.98. The number of nitrogens with zero attached hydrogens (tertiary/aromatic N) is 2. The zero-order valence-electron chi connectivity index (χ0n) is 19.8. The predicted molar refractivity (Wildman–Crippen MR) is 123 cm³/mol. The van der Waals surface area contributed by atoms with Crippen molar-refractivity contribution in [3.63, 3.8) is 0 Å². The molecule has 1 saturated heterocycles. The van der Waals surface area contributed by atoms with Crippen molar-refractivity contribution in [1.29, 1.82) is 0 Å². The van der Waals surface area contributed by atoms with Gasteiger partial charge in [0, 0.05) is 37.6 Å². The van der Waals surface area contributed by atoms with Gasteiger partial charge in [-0.25, -0.2) is 0 Å². The number of rotatable bonds is 7. The number of aryl methyl sites for hydroxylation is 1. The monoisotopic (exact) mass is 486 g/mol. The number of benzene rings is 1. The van der Waals surface area contributed by atoms with E-state index in [-0.39, 0.29) is 17.8 Å². The van der Waals surface area contributed by atoms with Crippen LogP contribution >= 0.6 is 0 Å². The molecule has 0 bridgehead atoms. The van der Waals surface area contributed by atoms with Crippen molar-refractivity contribution in [2.45, 2.75) is 52.4 Å². The first-order chi connectivity index (χ1) is 16.3. The quantitative estimate of drug-likeness (QED) is 0.469. The van der Waals surface area contributed by atoms with Crippen LogP contribution in [0.25, 0.3) is 11.5 Å². The average Bonchev–Trinajstić information content (AvgIpc) is 3.49. The molecule has 2 heterocycles. The summed E-state index contributed by atoms with van der Waals surface area (Å²) >= 11 is 0. The molecule has 9 nitrogen and oxygen atoms in total. The average molecular weight is 487 g/mol. The van der Waals surface area contributed by atoms with Crippen LogP contribution in [0.15, 0.2) is 35.0 Å². The van der Waals surface area contributed by atoms with E-state index in [1.54, 1.807) is 13.2 Å². The number of alkyl halides is 3. The number of halogens is 3. The van der Waals surface area contributed by atoms with Crippen molar-refractivity contribution in [2.24, 2.45) is 5.73 Å². The highest BCUT2D eigenvalue weighted by Gasteiger charge is 2.31. The SMILES string of the molecule is CC.CCCc1ccc(OC(F)(F)F)cc1-c1nnc(C(=O)NC2CCNC2)o1.CN/C=C\N. The fraction of sp³-hybridized carbons (Fsp3) is 0.500. The lowest BCUT2D eigenvalue weighted by atomic mass is 10.0. The molecule has 1 aliphatic rings. The van der Waals surface area contributed by atoms with E-state index in [0.717, 1.165) is 24.9 Å². The van der Waals surface area contributed by atoms with Gasteiger partial charge in [0.15, 0.2) is 0 Å². The minimum Gasteiger partial charge on any atom is -0.412 e. The van der Waals surface area contributed by atoms with Gasteiger partial charge in [-0.2, -0.15) is 0 Å². The summed E-state index contributed by atoms with van der Waals surface area (Å²) < 4.78 is 46.9. The number of amides is 1. The topological polar surface area (TPSA) is 127 Å². The maximum atomic E-state index is 12.5. The largest absolute Gasteiger partial charge is 0.573 e. The van der Waals surface area contributed by atoms with Crippen molar-refractivity contribution in [2.75, 3.05) is 20.1 Å². The molecule has 34 heavy (non-hydrogen) atoms. The molecule has 2 aromatic rings. The van der Waals surface area contributed by atoms with Crippen LogP contribution in [-0.2, 0) is 6.42 Å². The Kier molecular flexibility index (Phi) is 12.5. The molecule has 3 rings (SSSR count). The van der Waals surface area contributed by atoms with E-state index in [2.05, 4.69) is 30.9 Å². The van der Waals surface area contributed by atoms with E-state index < -0.39 is 18.0 Å². The molecule has 1 unspecified atom stereocenters. The molecular formula is C22H33F3N6O3. The normalized spacial score (nSPS) is 15.1. The molecule has 0 spiro atoms. The second-order valence-electron chi connectivity index (χ2n) is 6.84. The third-order valence-electron chi connectivity index (χ3n) is 4.34. The zero-order chi connectivity index (χ0) is 25.6. The second kappa shape index (κ2) is 14.8. The lowest BCUT2D eigenvalue weighted by Crippen LogP contribution is -2.36. The third kappa shape index (κ3) is 9.69. The molecule has 1 aromatic carbocycles. The highest BCUT2D eigenvalue weighted by Crippen LogP contribution is 2.31. The Balaban J connectivity index is 0.000000733. The Morgan fingerprint density at radius 2 is 2.09 bits per heavy atom. The lowest BCUT2D eigenvalue weighted by molar-refractivity contribution is -0.274. The maximum absolute atomic E-state index is 12.5. The minimum absolute atomic E-state index is 0.0213. The summed E-state index contributed by atoms with van der Waals surface area (Å²) in [7, 11) is 1.80. The molecule has 5 N–H and O–H groups in total. The Labute approximate surface area is 197 Å². The molecule has 1 atom stereocenters. The van der Waals surface area contributed by atoms with Crippen LogP contribution in [0.4, 0.5) is 13.2 Å². The van der Waals surface area contributed by atoms with Gasteiger partial charge in [0.2, 0.25) is 5.89 Å². The zero-order valence-corrected chi connectivity index (χ0v) is 19.8. The Bertz CT molecular complexity index is 896. The highest BCUT2D eigenvalue weighted by atomic mass is 19.4. The highest BCUT2D eigenvalue weighted by molar-refractivity contribution is 5.90. The van der Waals surface area contributed by atoms with Gasteiger partial charge in [0.1, 0.15) is 5.75 Å². The molecule has 12 heteroatoms. The van der Waals surface area contributed by atoms with Crippen LogP contribution in [-0.4, -0.2) is 48.6 Å². The molecule has 1 amide bonds. The summed E-state index contributed by atoms with van der Waals surface area (Å²) in [5, 5.41) is 16.2. The van der Waals surface area contributed by atoms with Gasteiger partial charge in [0.05, 0.1) is 0 Å². The van der Waals surface area contributed by atoms with Crippen LogP contribution in [0, 0.1) is 0 Å². The lowest BCUT2D eigenvalue weighted by Gasteiger charge is -2.12. The summed E-state index contributed by atoms with van der Waals surface area (Å²) in [4.78, 5) is 12.2. The molecular weight excluding hydrogens is 453 g/mol. The van der Waals surface area contributed by atoms with Crippen LogP contribution in [0.3, 0.4) is 0 Å². The van der Waals surface area contributed by atoms with Gasteiger partial charge in [-0.3, -0.25) is 4.79 Å². The van der Waals surface area contributed by atoms with Gasteiger partial charge < -0.3 is 30.8 Å². The van der Waals surface area contributed by atoms with Gasteiger partial charge >= 0.3 is 18.2 Å². The molecule has 0 saturated carbocycles. The first-order valence-electron chi connectivity index (χ1n) is 11.1. The summed E-state index contributed by atoms with van der Waals surface area (Å²) in [6, 6.07) is 3.92. The van der Waals surface area contributed by atoms with E-state index in [0.29, 0.717) is 18.5 Å². The summed E-state index contributed by atoms with van der Waals surface area (Å²) in [5.74, 6) is -1.16. The summed E-state index contributed by atoms with van der Waals surface area (Å²) in [5.41, 5.74) is 5.93. The third-order valence-corrected chi connectivity index (χ3v) is 4.34. The number of ether oxygens (including phenoxy) is 1. The number of hydrogen-bond acceptors (Lipinski definition) is 8. The number of aromatic nitrogens is 2. The molecule has 0 radical (unpaired) electrons. The minimum atomic E-state index is -4.81. The first kappa shape index (κ1) is 28.8. The van der Waals surface area contributed by atoms with Gasteiger partial charge in [-0.15, -0.1) is 23.4 Å². The Hall–Kier alpha value is -3.28. The van der Waals surface area contributed by atoms with Crippen LogP contribution in [0.1, 0.15) is 49.9 Å². The van der Waals surface area contributed by atoms with Crippen molar-refractivity contribution in [3.05, 3.63) is 42.1 Å². The Morgan fingerprint density at radius 3 is 2.62 bits per heavy atom. The molecule has 190 valence electrons. The van der Waals surface area contributed by atoms with E-state index in [1.807, 2.05) is 20.8 Å². The van der Waals surface area contributed by atoms with Gasteiger partial charge in [-0.1, -0.05) is 33.3 Å². The fourth-order valence-electron chi connectivity index (χ4n) is 2.98. The maximum Gasteiger partial charge on any atom is 0.573 e. The molecule has 1 aromatic heterocycles. The summed E-state index contributed by atoms with van der Waals surface area (Å²) in [6.07, 6.45) is 0.449. The van der Waals surface area contributed by atoms with Gasteiger partial charge in [0.25, 0.3) is 0 Å². The Morgan fingerprint density at radius 1 is 1.35 bits per heavy atom. The van der Waals surface area contributed by atoms with E-state index in [4.69, 9.17) is 10.2 Å². The van der Waals surface area contributed by atoms with Crippen LogP contribution in [0.5, 0.6) is 5.75 Å². The number of carbonyl (C=O) groups excluding carboxylic acids is 1. The second-order valence-corrected chi connectivity index (χ2v) is 6.84.